The zero-order valence-electron chi connectivity index (χ0n) is 30.1. The van der Waals surface area contributed by atoms with Gasteiger partial charge in [0.25, 0.3) is 0 Å². The number of amides is 3. The summed E-state index contributed by atoms with van der Waals surface area (Å²) in [6.07, 6.45) is 1.54. The number of carbonyl (C=O) groups excluding carboxylic acids is 2. The molecule has 11 heteroatoms. The highest BCUT2D eigenvalue weighted by atomic mass is 16.6. The Bertz CT molecular complexity index is 1480. The highest BCUT2D eigenvalue weighted by molar-refractivity contribution is 5.73. The van der Waals surface area contributed by atoms with E-state index < -0.39 is 5.60 Å². The van der Waals surface area contributed by atoms with E-state index in [2.05, 4.69) is 22.8 Å². The van der Waals surface area contributed by atoms with E-state index in [-0.39, 0.29) is 24.1 Å². The lowest BCUT2D eigenvalue weighted by Gasteiger charge is -2.39. The first-order chi connectivity index (χ1) is 24.2. The smallest absolute Gasteiger partial charge is 0.410 e. The fourth-order valence-corrected chi connectivity index (χ4v) is 5.73. The Morgan fingerprint density at radius 1 is 0.860 bits per heavy atom. The van der Waals surface area contributed by atoms with Gasteiger partial charge in [-0.25, -0.2) is 9.59 Å². The molecule has 0 spiro atoms. The average molecular weight is 692 g/mol. The molecule has 2 N–H and O–H groups in total. The molecular weight excluding hydrogens is 638 g/mol. The first-order valence-corrected chi connectivity index (χ1v) is 17.3. The molecule has 1 heterocycles. The van der Waals surface area contributed by atoms with Crippen molar-refractivity contribution in [3.05, 3.63) is 89.5 Å². The molecule has 50 heavy (non-hydrogen) atoms. The van der Waals surface area contributed by atoms with Crippen LogP contribution in [-0.2, 0) is 27.2 Å². The third-order valence-electron chi connectivity index (χ3n) is 8.22. The van der Waals surface area contributed by atoms with Gasteiger partial charge in [-0.05, 0) is 69.0 Å². The van der Waals surface area contributed by atoms with Gasteiger partial charge in [0.15, 0.2) is 0 Å². The van der Waals surface area contributed by atoms with Crippen LogP contribution in [0.3, 0.4) is 0 Å². The number of carbonyl (C=O) groups is 2. The first-order valence-electron chi connectivity index (χ1n) is 17.3. The van der Waals surface area contributed by atoms with Gasteiger partial charge in [-0.3, -0.25) is 0 Å². The van der Waals surface area contributed by atoms with E-state index in [1.807, 2.05) is 81.4 Å². The minimum absolute atomic E-state index is 0.0780. The van der Waals surface area contributed by atoms with Gasteiger partial charge in [-0.1, -0.05) is 48.5 Å². The number of benzene rings is 3. The van der Waals surface area contributed by atoms with Crippen molar-refractivity contribution in [2.24, 2.45) is 0 Å². The van der Waals surface area contributed by atoms with Crippen molar-refractivity contribution in [2.75, 3.05) is 60.2 Å². The SMILES string of the molecule is CNC(=O)NCCc1ccccc1OCCOC1CN(C(=O)OC(C)(C)C)CCC1c1ccc(OCCCOCc2ccccc2OC)cc1. The van der Waals surface area contributed by atoms with Crippen molar-refractivity contribution in [3.63, 3.8) is 0 Å². The van der Waals surface area contributed by atoms with Crippen LogP contribution in [0.2, 0.25) is 0 Å². The highest BCUT2D eigenvalue weighted by Crippen LogP contribution is 2.32. The Kier molecular flexibility index (Phi) is 15.1. The van der Waals surface area contributed by atoms with Crippen LogP contribution in [0.15, 0.2) is 72.8 Å². The van der Waals surface area contributed by atoms with Gasteiger partial charge in [0.2, 0.25) is 0 Å². The lowest BCUT2D eigenvalue weighted by Crippen LogP contribution is -2.48. The molecule has 3 aromatic rings. The molecule has 1 fully saturated rings. The third-order valence-corrected chi connectivity index (χ3v) is 8.22. The number of hydrogen-bond acceptors (Lipinski definition) is 8. The quantitative estimate of drug-likeness (QED) is 0.158. The summed E-state index contributed by atoms with van der Waals surface area (Å²) in [5.41, 5.74) is 2.56. The number of nitrogens with zero attached hydrogens (tertiary/aromatic N) is 1. The topological polar surface area (TPSA) is 117 Å². The molecule has 2 unspecified atom stereocenters. The molecule has 1 saturated heterocycles. The lowest BCUT2D eigenvalue weighted by molar-refractivity contribution is -0.0358. The summed E-state index contributed by atoms with van der Waals surface area (Å²) in [6, 6.07) is 23.5. The fourth-order valence-electron chi connectivity index (χ4n) is 5.73. The summed E-state index contributed by atoms with van der Waals surface area (Å²) in [4.78, 5) is 26.2. The summed E-state index contributed by atoms with van der Waals surface area (Å²) in [5, 5.41) is 5.36. The van der Waals surface area contributed by atoms with Crippen LogP contribution in [0.5, 0.6) is 17.2 Å². The zero-order chi connectivity index (χ0) is 35.8. The monoisotopic (exact) mass is 691 g/mol. The minimum Gasteiger partial charge on any atom is -0.496 e. The number of methoxy groups -OCH3 is 1. The van der Waals surface area contributed by atoms with Gasteiger partial charge >= 0.3 is 12.1 Å². The Hall–Kier alpha value is -4.48. The lowest BCUT2D eigenvalue weighted by atomic mass is 9.87. The Balaban J connectivity index is 1.29. The minimum atomic E-state index is -0.585. The molecule has 2 atom stereocenters. The van der Waals surface area contributed by atoms with Crippen LogP contribution in [-0.4, -0.2) is 88.9 Å². The van der Waals surface area contributed by atoms with Gasteiger partial charge in [-0.15, -0.1) is 0 Å². The van der Waals surface area contributed by atoms with Crippen LogP contribution in [0.4, 0.5) is 9.59 Å². The Labute approximate surface area is 296 Å². The van der Waals surface area contributed by atoms with Gasteiger partial charge in [0, 0.05) is 38.0 Å². The molecule has 3 amide bonds. The number of ether oxygens (including phenoxy) is 6. The van der Waals surface area contributed by atoms with Crippen molar-refractivity contribution >= 4 is 12.1 Å². The summed E-state index contributed by atoms with van der Waals surface area (Å²) >= 11 is 0. The maximum Gasteiger partial charge on any atom is 0.410 e. The molecule has 0 radical (unpaired) electrons. The Morgan fingerprint density at radius 3 is 2.30 bits per heavy atom. The van der Waals surface area contributed by atoms with Crippen LogP contribution in [0.1, 0.15) is 56.2 Å². The van der Waals surface area contributed by atoms with E-state index in [4.69, 9.17) is 28.4 Å². The predicted octanol–water partition coefficient (Wildman–Crippen LogP) is 6.34. The number of hydrogen-bond donors (Lipinski definition) is 2. The molecule has 272 valence electrons. The zero-order valence-corrected chi connectivity index (χ0v) is 30.1. The largest absolute Gasteiger partial charge is 0.496 e. The number of likely N-dealkylation sites (tertiary alicyclic amines) is 1. The normalized spacial score (nSPS) is 16.0. The molecule has 11 nitrogen and oxygen atoms in total. The standard InChI is InChI=1S/C39H53N3O8/c1-39(2,3)50-38(44)42-22-20-33(36(27-42)49-26-25-48-35-14-9-6-11-30(35)19-21-41-37(43)40-4)29-15-17-32(18-16-29)47-24-10-23-46-28-31-12-7-8-13-34(31)45-5/h6-9,11-18,33,36H,10,19-28H2,1-5H3,(H2,40,41,43). The Morgan fingerprint density at radius 2 is 1.58 bits per heavy atom. The number of urea groups is 1. The molecule has 4 rings (SSSR count). The summed E-state index contributed by atoms with van der Waals surface area (Å²) in [6.45, 7) is 9.37. The van der Waals surface area contributed by atoms with Crippen LogP contribution < -0.4 is 24.8 Å². The molecular formula is C39H53N3O8. The fraction of sp³-hybridized carbons (Fsp3) is 0.487. The van der Waals surface area contributed by atoms with Gasteiger partial charge in [-0.2, -0.15) is 0 Å². The van der Waals surface area contributed by atoms with Crippen molar-refractivity contribution < 1.29 is 38.0 Å². The van der Waals surface area contributed by atoms with Crippen molar-refractivity contribution in [3.8, 4) is 17.2 Å². The van der Waals surface area contributed by atoms with Gasteiger partial charge < -0.3 is 44.0 Å². The van der Waals surface area contributed by atoms with Crippen LogP contribution in [0.25, 0.3) is 0 Å². The number of para-hydroxylation sites is 2. The molecule has 0 aromatic heterocycles. The molecule has 1 aliphatic heterocycles. The number of piperidine rings is 1. The second kappa shape index (κ2) is 19.6. The van der Waals surface area contributed by atoms with Crippen molar-refractivity contribution in [1.29, 1.82) is 0 Å². The summed E-state index contributed by atoms with van der Waals surface area (Å²) in [5.74, 6) is 2.45. The van der Waals surface area contributed by atoms with E-state index >= 15 is 0 Å². The van der Waals surface area contributed by atoms with Crippen molar-refractivity contribution in [1.82, 2.24) is 15.5 Å². The highest BCUT2D eigenvalue weighted by Gasteiger charge is 2.35. The predicted molar refractivity (Wildman–Crippen MR) is 192 cm³/mol. The van der Waals surface area contributed by atoms with Gasteiger partial charge in [0.05, 0.1) is 46.2 Å². The van der Waals surface area contributed by atoms with Crippen LogP contribution >= 0.6 is 0 Å². The maximum absolute atomic E-state index is 13.0. The molecule has 0 saturated carbocycles. The van der Waals surface area contributed by atoms with Crippen LogP contribution in [0, 0.1) is 0 Å². The molecule has 3 aromatic carbocycles. The van der Waals surface area contributed by atoms with Gasteiger partial charge in [0.1, 0.15) is 29.5 Å². The third kappa shape index (κ3) is 12.4. The van der Waals surface area contributed by atoms with E-state index in [0.717, 1.165) is 46.8 Å². The second-order valence-corrected chi connectivity index (χ2v) is 13.1. The van der Waals surface area contributed by atoms with E-state index in [0.29, 0.717) is 59.1 Å². The second-order valence-electron chi connectivity index (χ2n) is 13.1. The van der Waals surface area contributed by atoms with E-state index in [1.165, 1.54) is 0 Å². The van der Waals surface area contributed by atoms with E-state index in [1.54, 1.807) is 19.1 Å². The number of nitrogens with one attached hydrogen (secondary N) is 2. The molecule has 0 aliphatic carbocycles. The summed E-state index contributed by atoms with van der Waals surface area (Å²) in [7, 11) is 3.25. The summed E-state index contributed by atoms with van der Waals surface area (Å²) < 4.78 is 35.4. The molecule has 1 aliphatic rings. The van der Waals surface area contributed by atoms with Crippen molar-refractivity contribution in [2.45, 2.75) is 64.3 Å². The maximum atomic E-state index is 13.0. The average Bonchev–Trinajstić information content (AvgIpc) is 3.11. The number of rotatable bonds is 17. The van der Waals surface area contributed by atoms with E-state index in [9.17, 15) is 9.59 Å². The molecule has 0 bridgehead atoms. The first kappa shape index (κ1) is 38.3.